The van der Waals surface area contributed by atoms with Crippen molar-refractivity contribution in [3.8, 4) is 5.75 Å². The van der Waals surface area contributed by atoms with Gasteiger partial charge in [-0.05, 0) is 24.6 Å². The highest BCUT2D eigenvalue weighted by atomic mass is 19.4. The number of carboxylic acids is 1. The summed E-state index contributed by atoms with van der Waals surface area (Å²) < 4.78 is 41.0. The Labute approximate surface area is 139 Å². The van der Waals surface area contributed by atoms with Crippen LogP contribution in [0.25, 0.3) is 0 Å². The Kier molecular flexibility index (Phi) is 3.75. The smallest absolute Gasteiger partial charge is 0.480 e. The largest absolute Gasteiger partial charge is 0.573 e. The Hall–Kier alpha value is -2.62. The van der Waals surface area contributed by atoms with Gasteiger partial charge in [-0.15, -0.1) is 13.2 Å². The number of benzene rings is 1. The van der Waals surface area contributed by atoms with Crippen LogP contribution in [-0.4, -0.2) is 34.8 Å². The van der Waals surface area contributed by atoms with E-state index in [9.17, 15) is 32.7 Å². The number of carbonyl (C=O) groups excluding carboxylic acids is 2. The van der Waals surface area contributed by atoms with E-state index >= 15 is 0 Å². The minimum Gasteiger partial charge on any atom is -0.480 e. The van der Waals surface area contributed by atoms with Gasteiger partial charge in [0.25, 0.3) is 0 Å². The molecular weight excluding hydrogens is 345 g/mol. The third-order valence-electron chi connectivity index (χ3n) is 4.52. The number of carboxylic acid groups (broad SMARTS) is 1. The second-order valence-corrected chi connectivity index (χ2v) is 6.11. The van der Waals surface area contributed by atoms with Gasteiger partial charge < -0.3 is 9.84 Å². The van der Waals surface area contributed by atoms with Crippen molar-refractivity contribution in [3.05, 3.63) is 29.8 Å². The number of carbonyl (C=O) groups is 3. The number of rotatable bonds is 3. The number of hydrogen-bond acceptors (Lipinski definition) is 5. The molecule has 10 heteroatoms. The molecule has 0 aromatic heterocycles. The molecule has 2 aliphatic heterocycles. The van der Waals surface area contributed by atoms with Gasteiger partial charge in [0.15, 0.2) is 0 Å². The predicted octanol–water partition coefficient (Wildman–Crippen LogP) is 0.962. The number of fused-ring (bicyclic) bond motifs is 1. The number of halogens is 3. The van der Waals surface area contributed by atoms with Crippen LogP contribution in [0.2, 0.25) is 0 Å². The molecule has 3 rings (SSSR count). The molecule has 2 fully saturated rings. The highest BCUT2D eigenvalue weighted by Crippen LogP contribution is 2.46. The van der Waals surface area contributed by atoms with E-state index < -0.39 is 53.3 Å². The first-order valence-corrected chi connectivity index (χ1v) is 7.24. The first-order chi connectivity index (χ1) is 11.5. The van der Waals surface area contributed by atoms with Crippen LogP contribution >= 0.6 is 0 Å². The van der Waals surface area contributed by atoms with E-state index in [0.29, 0.717) is 0 Å². The first-order valence-electron chi connectivity index (χ1n) is 7.24. The first kappa shape index (κ1) is 17.2. The molecule has 4 unspecified atom stereocenters. The van der Waals surface area contributed by atoms with Crippen LogP contribution in [0, 0.1) is 11.8 Å². The third kappa shape index (κ3) is 2.82. The summed E-state index contributed by atoms with van der Waals surface area (Å²) in [5.41, 5.74) is -1.52. The van der Waals surface area contributed by atoms with E-state index in [4.69, 9.17) is 0 Å². The highest BCUT2D eigenvalue weighted by molar-refractivity contribution is 6.09. The van der Waals surface area contributed by atoms with Crippen LogP contribution in [0.4, 0.5) is 13.2 Å². The van der Waals surface area contributed by atoms with Crippen LogP contribution in [0.15, 0.2) is 24.3 Å². The van der Waals surface area contributed by atoms with Crippen molar-refractivity contribution in [1.29, 1.82) is 0 Å². The van der Waals surface area contributed by atoms with Gasteiger partial charge in [0.1, 0.15) is 11.3 Å². The SMILES string of the molecule is CC1(C(=O)O)NC(c2cccc(OC(F)(F)F)c2)C2C(=O)NC(=O)C21. The lowest BCUT2D eigenvalue weighted by Gasteiger charge is -2.25. The molecule has 0 bridgehead atoms. The van der Waals surface area contributed by atoms with Crippen molar-refractivity contribution >= 4 is 17.8 Å². The lowest BCUT2D eigenvalue weighted by atomic mass is 9.80. The van der Waals surface area contributed by atoms with Crippen LogP contribution < -0.4 is 15.4 Å². The number of imide groups is 1. The molecule has 0 aliphatic carbocycles. The molecular formula is C15H13F3N2O5. The standard InChI is InChI=1S/C15H13F3N2O5/c1-14(13(23)24)9-8(11(21)19-12(9)22)10(20-14)6-3-2-4-7(5-6)25-15(16,17)18/h2-5,8-10,20H,1H3,(H,23,24)(H,19,21,22). The van der Waals surface area contributed by atoms with Gasteiger partial charge in [-0.3, -0.25) is 25.0 Å². The van der Waals surface area contributed by atoms with E-state index in [-0.39, 0.29) is 5.56 Å². The Morgan fingerprint density at radius 2 is 1.96 bits per heavy atom. The quantitative estimate of drug-likeness (QED) is 0.696. The molecule has 2 amide bonds. The lowest BCUT2D eigenvalue weighted by molar-refractivity contribution is -0.274. The van der Waals surface area contributed by atoms with Gasteiger partial charge in [0, 0.05) is 6.04 Å². The second kappa shape index (κ2) is 5.45. The molecule has 0 radical (unpaired) electrons. The van der Waals surface area contributed by atoms with Crippen molar-refractivity contribution < 1.29 is 37.4 Å². The predicted molar refractivity (Wildman–Crippen MR) is 75.2 cm³/mol. The number of hydrogen-bond donors (Lipinski definition) is 3. The van der Waals surface area contributed by atoms with Gasteiger partial charge in [-0.25, -0.2) is 0 Å². The van der Waals surface area contributed by atoms with Gasteiger partial charge in [0.05, 0.1) is 11.8 Å². The summed E-state index contributed by atoms with van der Waals surface area (Å²) in [6.07, 6.45) is -4.89. The van der Waals surface area contributed by atoms with Gasteiger partial charge >= 0.3 is 12.3 Å². The third-order valence-corrected chi connectivity index (χ3v) is 4.52. The fourth-order valence-electron chi connectivity index (χ4n) is 3.46. The van der Waals surface area contributed by atoms with Crippen LogP contribution in [0.1, 0.15) is 18.5 Å². The van der Waals surface area contributed by atoms with Gasteiger partial charge in [-0.1, -0.05) is 12.1 Å². The zero-order valence-electron chi connectivity index (χ0n) is 12.8. The fraction of sp³-hybridized carbons (Fsp3) is 0.400. The van der Waals surface area contributed by atoms with E-state index in [0.717, 1.165) is 12.1 Å². The van der Waals surface area contributed by atoms with Crippen molar-refractivity contribution in [2.24, 2.45) is 11.8 Å². The van der Waals surface area contributed by atoms with E-state index in [2.05, 4.69) is 15.4 Å². The second-order valence-electron chi connectivity index (χ2n) is 6.11. The number of ether oxygens (including phenoxy) is 1. The normalized spacial score (nSPS) is 31.6. The number of aliphatic carboxylic acids is 1. The maximum absolute atomic E-state index is 12.4. The molecule has 3 N–H and O–H groups in total. The molecule has 134 valence electrons. The van der Waals surface area contributed by atoms with E-state index in [1.807, 2.05) is 0 Å². The molecule has 0 spiro atoms. The molecule has 2 heterocycles. The lowest BCUT2D eigenvalue weighted by Crippen LogP contribution is -2.52. The summed E-state index contributed by atoms with van der Waals surface area (Å²) in [7, 11) is 0. The summed E-state index contributed by atoms with van der Waals surface area (Å²) in [4.78, 5) is 35.7. The van der Waals surface area contributed by atoms with Crippen molar-refractivity contribution in [3.63, 3.8) is 0 Å². The van der Waals surface area contributed by atoms with Crippen LogP contribution in [0.3, 0.4) is 0 Å². The topological polar surface area (TPSA) is 105 Å². The summed E-state index contributed by atoms with van der Waals surface area (Å²) in [5.74, 6) is -5.45. The minimum atomic E-state index is -4.89. The monoisotopic (exact) mass is 358 g/mol. The molecule has 4 atom stereocenters. The van der Waals surface area contributed by atoms with Gasteiger partial charge in [-0.2, -0.15) is 0 Å². The Morgan fingerprint density at radius 3 is 2.56 bits per heavy atom. The molecule has 1 aromatic rings. The van der Waals surface area contributed by atoms with Crippen molar-refractivity contribution in [2.75, 3.05) is 0 Å². The molecule has 2 aliphatic rings. The summed E-state index contributed by atoms with van der Waals surface area (Å²) in [6.45, 7) is 1.27. The Bertz CT molecular complexity index is 766. The average Bonchev–Trinajstić information content (AvgIpc) is 2.96. The zero-order valence-corrected chi connectivity index (χ0v) is 12.8. The summed E-state index contributed by atoms with van der Waals surface area (Å²) in [6, 6.07) is 3.92. The molecule has 1 aromatic carbocycles. The Balaban J connectivity index is 2.00. The highest BCUT2D eigenvalue weighted by Gasteiger charge is 2.64. The summed E-state index contributed by atoms with van der Waals surface area (Å²) >= 11 is 0. The number of amides is 2. The maximum atomic E-state index is 12.4. The van der Waals surface area contributed by atoms with Crippen molar-refractivity contribution in [2.45, 2.75) is 24.9 Å². The average molecular weight is 358 g/mol. The van der Waals surface area contributed by atoms with Gasteiger partial charge in [0.2, 0.25) is 11.8 Å². The minimum absolute atomic E-state index is 0.214. The number of alkyl halides is 3. The number of nitrogens with one attached hydrogen (secondary N) is 2. The van der Waals surface area contributed by atoms with Crippen LogP contribution in [-0.2, 0) is 14.4 Å². The summed E-state index contributed by atoms with van der Waals surface area (Å²) in [5, 5.41) is 14.3. The molecule has 25 heavy (non-hydrogen) atoms. The fourth-order valence-corrected chi connectivity index (χ4v) is 3.46. The molecule has 7 nitrogen and oxygen atoms in total. The maximum Gasteiger partial charge on any atom is 0.573 e. The molecule has 2 saturated heterocycles. The van der Waals surface area contributed by atoms with E-state index in [1.165, 1.54) is 19.1 Å². The molecule has 0 saturated carbocycles. The van der Waals surface area contributed by atoms with Crippen LogP contribution in [0.5, 0.6) is 5.75 Å². The van der Waals surface area contributed by atoms with E-state index in [1.54, 1.807) is 0 Å². The Morgan fingerprint density at radius 1 is 1.28 bits per heavy atom. The zero-order chi connectivity index (χ0) is 18.6. The van der Waals surface area contributed by atoms with Crippen molar-refractivity contribution in [1.82, 2.24) is 10.6 Å².